The highest BCUT2D eigenvalue weighted by atomic mass is 19.1. The summed E-state index contributed by atoms with van der Waals surface area (Å²) in [4.78, 5) is 10.7. The van der Waals surface area contributed by atoms with Gasteiger partial charge in [0.15, 0.2) is 0 Å². The van der Waals surface area contributed by atoms with Crippen molar-refractivity contribution < 1.29 is 24.1 Å². The van der Waals surface area contributed by atoms with Crippen LogP contribution in [0.3, 0.4) is 0 Å². The summed E-state index contributed by atoms with van der Waals surface area (Å²) in [5.41, 5.74) is 4.56. The van der Waals surface area contributed by atoms with E-state index in [4.69, 9.17) is 14.9 Å². The first-order valence-electron chi connectivity index (χ1n) is 12.4. The first-order valence-corrected chi connectivity index (χ1v) is 12.4. The third kappa shape index (κ3) is 6.55. The van der Waals surface area contributed by atoms with Crippen LogP contribution in [0.15, 0.2) is 54.6 Å². The van der Waals surface area contributed by atoms with Gasteiger partial charge in [0.1, 0.15) is 18.1 Å². The lowest BCUT2D eigenvalue weighted by molar-refractivity contribution is -0.142. The van der Waals surface area contributed by atoms with Crippen LogP contribution in [0.5, 0.6) is 0 Å². The van der Waals surface area contributed by atoms with Crippen LogP contribution in [-0.2, 0) is 22.5 Å². The maximum Gasteiger partial charge on any atom is 0.329 e. The molecule has 2 aromatic carbocycles. The lowest BCUT2D eigenvalue weighted by Crippen LogP contribution is -2.24. The van der Waals surface area contributed by atoms with Crippen molar-refractivity contribution in [1.82, 2.24) is 9.78 Å². The number of rotatable bonds is 11. The highest BCUT2D eigenvalue weighted by Gasteiger charge is 2.26. The van der Waals surface area contributed by atoms with Crippen molar-refractivity contribution in [2.24, 2.45) is 11.8 Å². The number of aliphatic hydroxyl groups excluding tert-OH is 1. The zero-order valence-electron chi connectivity index (χ0n) is 19.9. The summed E-state index contributed by atoms with van der Waals surface area (Å²) in [6, 6.07) is 16.6. The van der Waals surface area contributed by atoms with E-state index >= 15 is 0 Å². The van der Waals surface area contributed by atoms with Crippen LogP contribution in [-0.4, -0.2) is 45.8 Å². The Morgan fingerprint density at radius 2 is 1.74 bits per heavy atom. The molecule has 0 bridgehead atoms. The molecule has 0 amide bonds. The molecule has 0 saturated heterocycles. The summed E-state index contributed by atoms with van der Waals surface area (Å²) in [5.74, 6) is -0.385. The smallest absolute Gasteiger partial charge is 0.329 e. The summed E-state index contributed by atoms with van der Waals surface area (Å²) in [6.07, 6.45) is 5.31. The van der Waals surface area contributed by atoms with Crippen molar-refractivity contribution in [2.45, 2.75) is 45.1 Å². The number of aliphatic hydroxyl groups is 1. The SMILES string of the molecule is O=C(O)COCC1CCC(Cn2nc(-c3ccccc3)c(-c3cccc(F)c3)c2CCCO)CC1. The maximum absolute atomic E-state index is 14.2. The van der Waals surface area contributed by atoms with Crippen LogP contribution in [0.2, 0.25) is 0 Å². The van der Waals surface area contributed by atoms with Crippen molar-refractivity contribution in [3.05, 3.63) is 66.1 Å². The predicted molar refractivity (Wildman–Crippen MR) is 132 cm³/mol. The molecule has 2 N–H and O–H groups in total. The molecule has 3 aromatic rings. The molecule has 0 spiro atoms. The Kier molecular flexibility index (Phi) is 8.66. The number of aromatic nitrogens is 2. The minimum absolute atomic E-state index is 0.0793. The van der Waals surface area contributed by atoms with Crippen molar-refractivity contribution >= 4 is 5.97 Å². The van der Waals surface area contributed by atoms with Crippen LogP contribution in [0.1, 0.15) is 37.8 Å². The van der Waals surface area contributed by atoms with Gasteiger partial charge in [0.2, 0.25) is 0 Å². The molecule has 7 heteroatoms. The highest BCUT2D eigenvalue weighted by Crippen LogP contribution is 2.37. The number of hydrogen-bond donors (Lipinski definition) is 2. The van der Waals surface area contributed by atoms with Gasteiger partial charge >= 0.3 is 5.97 Å². The van der Waals surface area contributed by atoms with Crippen LogP contribution in [0.25, 0.3) is 22.4 Å². The highest BCUT2D eigenvalue weighted by molar-refractivity contribution is 5.82. The van der Waals surface area contributed by atoms with E-state index in [0.717, 1.165) is 60.3 Å². The van der Waals surface area contributed by atoms with Gasteiger partial charge in [-0.2, -0.15) is 5.10 Å². The molecule has 1 aliphatic rings. The van der Waals surface area contributed by atoms with E-state index in [9.17, 15) is 14.3 Å². The molecular formula is C28H33FN2O4. The van der Waals surface area contributed by atoms with Crippen molar-refractivity contribution in [3.8, 4) is 22.4 Å². The number of benzene rings is 2. The lowest BCUT2D eigenvalue weighted by atomic mass is 9.82. The monoisotopic (exact) mass is 480 g/mol. The number of carbonyl (C=O) groups is 1. The fourth-order valence-electron chi connectivity index (χ4n) is 5.03. The molecule has 1 aliphatic carbocycles. The zero-order valence-corrected chi connectivity index (χ0v) is 19.9. The second-order valence-electron chi connectivity index (χ2n) is 9.35. The summed E-state index contributed by atoms with van der Waals surface area (Å²) in [6.45, 7) is 1.09. The van der Waals surface area contributed by atoms with Gasteiger partial charge < -0.3 is 14.9 Å². The van der Waals surface area contributed by atoms with Crippen LogP contribution >= 0.6 is 0 Å². The van der Waals surface area contributed by atoms with E-state index in [1.54, 1.807) is 12.1 Å². The van der Waals surface area contributed by atoms with E-state index in [-0.39, 0.29) is 19.0 Å². The maximum atomic E-state index is 14.2. The molecule has 0 radical (unpaired) electrons. The standard InChI is InChI=1S/C28H33FN2O4/c29-24-9-4-8-23(16-24)27-25(10-5-15-32)31(30-28(27)22-6-2-1-3-7-22)17-20-11-13-21(14-12-20)18-35-19-26(33)34/h1-4,6-9,16,20-21,32H,5,10-15,17-19H2,(H,33,34). The van der Waals surface area contributed by atoms with E-state index < -0.39 is 5.97 Å². The summed E-state index contributed by atoms with van der Waals surface area (Å²) < 4.78 is 21.6. The molecule has 6 nitrogen and oxygen atoms in total. The molecule has 186 valence electrons. The molecule has 1 aromatic heterocycles. The second-order valence-corrected chi connectivity index (χ2v) is 9.35. The van der Waals surface area contributed by atoms with Crippen molar-refractivity contribution in [2.75, 3.05) is 19.8 Å². The third-order valence-electron chi connectivity index (χ3n) is 6.77. The number of ether oxygens (including phenoxy) is 1. The number of aliphatic carboxylic acids is 1. The van der Waals surface area contributed by atoms with Gasteiger partial charge in [-0.15, -0.1) is 0 Å². The number of carboxylic acid groups (broad SMARTS) is 1. The normalized spacial score (nSPS) is 18.0. The average molecular weight is 481 g/mol. The lowest BCUT2D eigenvalue weighted by Gasteiger charge is -2.28. The summed E-state index contributed by atoms with van der Waals surface area (Å²) >= 11 is 0. The van der Waals surface area contributed by atoms with Crippen LogP contribution in [0, 0.1) is 17.7 Å². The van der Waals surface area contributed by atoms with Crippen molar-refractivity contribution in [3.63, 3.8) is 0 Å². The van der Waals surface area contributed by atoms with E-state index in [1.807, 2.05) is 36.4 Å². The van der Waals surface area contributed by atoms with Gasteiger partial charge in [0.25, 0.3) is 0 Å². The quantitative estimate of drug-likeness (QED) is 0.395. The Labute approximate surface area is 205 Å². The molecule has 0 unspecified atom stereocenters. The Bertz CT molecular complexity index is 1110. The van der Waals surface area contributed by atoms with E-state index in [2.05, 4.69) is 4.68 Å². The third-order valence-corrected chi connectivity index (χ3v) is 6.77. The Hall–Kier alpha value is -3.03. The molecule has 1 fully saturated rings. The molecule has 4 rings (SSSR count). The molecule has 0 atom stereocenters. The Morgan fingerprint density at radius 1 is 1.03 bits per heavy atom. The Morgan fingerprint density at radius 3 is 2.43 bits per heavy atom. The van der Waals surface area contributed by atoms with Gasteiger partial charge in [0.05, 0.1) is 6.61 Å². The number of carboxylic acids is 1. The number of halogens is 1. The first-order chi connectivity index (χ1) is 17.0. The fourth-order valence-corrected chi connectivity index (χ4v) is 5.03. The summed E-state index contributed by atoms with van der Waals surface area (Å²) in [5, 5.41) is 23.4. The van der Waals surface area contributed by atoms with Gasteiger partial charge in [-0.1, -0.05) is 42.5 Å². The number of nitrogens with zero attached hydrogens (tertiary/aromatic N) is 2. The van der Waals surface area contributed by atoms with Crippen LogP contribution in [0.4, 0.5) is 4.39 Å². The average Bonchev–Trinajstić information content (AvgIpc) is 3.22. The molecule has 35 heavy (non-hydrogen) atoms. The minimum atomic E-state index is -0.934. The van der Waals surface area contributed by atoms with Gasteiger partial charge in [0, 0.05) is 30.0 Å². The predicted octanol–water partition coefficient (Wildman–Crippen LogP) is 5.19. The molecule has 1 saturated carbocycles. The largest absolute Gasteiger partial charge is 0.480 e. The van der Waals surface area contributed by atoms with E-state index in [0.29, 0.717) is 31.3 Å². The summed E-state index contributed by atoms with van der Waals surface area (Å²) in [7, 11) is 0. The molecule has 0 aliphatic heterocycles. The topological polar surface area (TPSA) is 84.6 Å². The van der Waals surface area contributed by atoms with Gasteiger partial charge in [-0.3, -0.25) is 4.68 Å². The zero-order chi connectivity index (χ0) is 24.6. The molecular weight excluding hydrogens is 447 g/mol. The fraction of sp³-hybridized carbons (Fsp3) is 0.429. The van der Waals surface area contributed by atoms with E-state index in [1.165, 1.54) is 6.07 Å². The van der Waals surface area contributed by atoms with Gasteiger partial charge in [-0.25, -0.2) is 9.18 Å². The number of hydrogen-bond acceptors (Lipinski definition) is 4. The van der Waals surface area contributed by atoms with Gasteiger partial charge in [-0.05, 0) is 68.1 Å². The van der Waals surface area contributed by atoms with Crippen LogP contribution < -0.4 is 0 Å². The molecule has 1 heterocycles. The van der Waals surface area contributed by atoms with Crippen molar-refractivity contribution in [1.29, 1.82) is 0 Å². The minimum Gasteiger partial charge on any atom is -0.480 e. The first kappa shape index (κ1) is 25.1. The Balaban J connectivity index is 1.60. The second kappa shape index (κ2) is 12.1.